The molecule has 5 nitrogen and oxygen atoms in total. The molecule has 138 valence electrons. The SMILES string of the molecule is CN=C(NCCCOCC1CCCO1)N1CCC2(CCCCC2)C1. The summed E-state index contributed by atoms with van der Waals surface area (Å²) in [5, 5.41) is 3.53. The summed E-state index contributed by atoms with van der Waals surface area (Å²) in [6.45, 7) is 5.75. The van der Waals surface area contributed by atoms with Crippen molar-refractivity contribution in [2.45, 2.75) is 63.9 Å². The minimum absolute atomic E-state index is 0.335. The maximum absolute atomic E-state index is 5.73. The van der Waals surface area contributed by atoms with E-state index >= 15 is 0 Å². The van der Waals surface area contributed by atoms with E-state index in [4.69, 9.17) is 9.47 Å². The van der Waals surface area contributed by atoms with Crippen LogP contribution in [0.25, 0.3) is 0 Å². The molecule has 1 unspecified atom stereocenters. The van der Waals surface area contributed by atoms with E-state index in [2.05, 4.69) is 15.2 Å². The monoisotopic (exact) mass is 337 g/mol. The van der Waals surface area contributed by atoms with Crippen LogP contribution in [0.1, 0.15) is 57.8 Å². The number of hydrogen-bond donors (Lipinski definition) is 1. The Hall–Kier alpha value is -0.810. The summed E-state index contributed by atoms with van der Waals surface area (Å²) in [6.07, 6.45) is 12.1. The van der Waals surface area contributed by atoms with Crippen LogP contribution in [0.15, 0.2) is 4.99 Å². The van der Waals surface area contributed by atoms with Crippen LogP contribution < -0.4 is 5.32 Å². The molecule has 1 N–H and O–H groups in total. The lowest BCUT2D eigenvalue weighted by atomic mass is 9.73. The van der Waals surface area contributed by atoms with Gasteiger partial charge in [-0.3, -0.25) is 4.99 Å². The molecule has 0 aromatic carbocycles. The summed E-state index contributed by atoms with van der Waals surface area (Å²) in [6, 6.07) is 0. The van der Waals surface area contributed by atoms with Crippen molar-refractivity contribution in [3.05, 3.63) is 0 Å². The average molecular weight is 338 g/mol. The van der Waals surface area contributed by atoms with Crippen LogP contribution in [0, 0.1) is 5.41 Å². The molecule has 2 aliphatic heterocycles. The fraction of sp³-hybridized carbons (Fsp3) is 0.947. The van der Waals surface area contributed by atoms with Gasteiger partial charge in [-0.15, -0.1) is 0 Å². The van der Waals surface area contributed by atoms with E-state index in [1.165, 1.54) is 51.5 Å². The largest absolute Gasteiger partial charge is 0.379 e. The lowest BCUT2D eigenvalue weighted by Crippen LogP contribution is -2.42. The van der Waals surface area contributed by atoms with Gasteiger partial charge >= 0.3 is 0 Å². The third kappa shape index (κ3) is 4.85. The highest BCUT2D eigenvalue weighted by atomic mass is 16.5. The number of ether oxygens (including phenoxy) is 2. The van der Waals surface area contributed by atoms with Crippen molar-refractivity contribution < 1.29 is 9.47 Å². The topological polar surface area (TPSA) is 46.1 Å². The van der Waals surface area contributed by atoms with Gasteiger partial charge < -0.3 is 19.7 Å². The van der Waals surface area contributed by atoms with E-state index in [-0.39, 0.29) is 0 Å². The Labute approximate surface area is 147 Å². The molecule has 1 aliphatic carbocycles. The maximum Gasteiger partial charge on any atom is 0.193 e. The van der Waals surface area contributed by atoms with Crippen molar-refractivity contribution in [1.82, 2.24) is 10.2 Å². The third-order valence-electron chi connectivity index (χ3n) is 5.94. The van der Waals surface area contributed by atoms with Gasteiger partial charge in [0.2, 0.25) is 0 Å². The number of aliphatic imine (C=N–C) groups is 1. The lowest BCUT2D eigenvalue weighted by molar-refractivity contribution is 0.0168. The highest BCUT2D eigenvalue weighted by Gasteiger charge is 2.39. The molecule has 2 heterocycles. The van der Waals surface area contributed by atoms with E-state index in [1.54, 1.807) is 0 Å². The van der Waals surface area contributed by atoms with E-state index < -0.39 is 0 Å². The van der Waals surface area contributed by atoms with Gasteiger partial charge in [-0.25, -0.2) is 0 Å². The Balaban J connectivity index is 1.30. The number of likely N-dealkylation sites (tertiary alicyclic amines) is 1. The van der Waals surface area contributed by atoms with E-state index in [0.717, 1.165) is 51.7 Å². The second-order valence-electron chi connectivity index (χ2n) is 7.77. The summed E-state index contributed by atoms with van der Waals surface area (Å²) < 4.78 is 11.3. The summed E-state index contributed by atoms with van der Waals surface area (Å²) >= 11 is 0. The molecule has 0 amide bonds. The summed E-state index contributed by atoms with van der Waals surface area (Å²) in [7, 11) is 1.90. The van der Waals surface area contributed by atoms with Crippen molar-refractivity contribution in [2.75, 3.05) is 46.5 Å². The van der Waals surface area contributed by atoms with E-state index in [9.17, 15) is 0 Å². The van der Waals surface area contributed by atoms with Crippen molar-refractivity contribution in [2.24, 2.45) is 10.4 Å². The molecule has 0 aromatic heterocycles. The third-order valence-corrected chi connectivity index (χ3v) is 5.94. The number of rotatable bonds is 6. The lowest BCUT2D eigenvalue weighted by Gasteiger charge is -2.33. The van der Waals surface area contributed by atoms with Crippen LogP contribution in [0.3, 0.4) is 0 Å². The van der Waals surface area contributed by atoms with Gasteiger partial charge in [0.15, 0.2) is 5.96 Å². The fourth-order valence-electron chi connectivity index (χ4n) is 4.52. The smallest absolute Gasteiger partial charge is 0.193 e. The van der Waals surface area contributed by atoms with E-state index in [0.29, 0.717) is 11.5 Å². The first-order valence-electron chi connectivity index (χ1n) is 9.96. The fourth-order valence-corrected chi connectivity index (χ4v) is 4.52. The van der Waals surface area contributed by atoms with Crippen LogP contribution >= 0.6 is 0 Å². The van der Waals surface area contributed by atoms with Gasteiger partial charge in [-0.2, -0.15) is 0 Å². The standard InChI is InChI=1S/C19H35N3O2/c1-20-18(21-11-6-13-23-15-17-7-5-14-24-17)22-12-10-19(16-22)8-3-2-4-9-19/h17H,2-16H2,1H3,(H,20,21). The van der Waals surface area contributed by atoms with E-state index in [1.807, 2.05) is 7.05 Å². The molecule has 1 atom stereocenters. The summed E-state index contributed by atoms with van der Waals surface area (Å²) in [5.41, 5.74) is 0.584. The zero-order valence-electron chi connectivity index (χ0n) is 15.4. The number of nitrogens with zero attached hydrogens (tertiary/aromatic N) is 2. The predicted octanol–water partition coefficient (Wildman–Crippen LogP) is 2.80. The molecule has 0 bridgehead atoms. The first-order chi connectivity index (χ1) is 11.8. The quantitative estimate of drug-likeness (QED) is 0.460. The van der Waals surface area contributed by atoms with Gasteiger partial charge in [0.25, 0.3) is 0 Å². The molecule has 1 saturated carbocycles. The molecule has 24 heavy (non-hydrogen) atoms. The normalized spacial score (nSPS) is 27.1. The highest BCUT2D eigenvalue weighted by Crippen LogP contribution is 2.43. The summed E-state index contributed by atoms with van der Waals surface area (Å²) in [5.74, 6) is 1.08. The van der Waals surface area contributed by atoms with Crippen molar-refractivity contribution in [3.63, 3.8) is 0 Å². The molecule has 5 heteroatoms. The zero-order valence-corrected chi connectivity index (χ0v) is 15.4. The molecule has 3 aliphatic rings. The zero-order chi connectivity index (χ0) is 16.7. The molecular formula is C19H35N3O2. The molecule has 0 aromatic rings. The Kier molecular flexibility index (Phi) is 6.78. The van der Waals surface area contributed by atoms with Crippen LogP contribution in [0.5, 0.6) is 0 Å². The maximum atomic E-state index is 5.73. The number of hydrogen-bond acceptors (Lipinski definition) is 3. The van der Waals surface area contributed by atoms with Gasteiger partial charge in [-0.1, -0.05) is 19.3 Å². The Bertz CT molecular complexity index is 401. The highest BCUT2D eigenvalue weighted by molar-refractivity contribution is 5.80. The van der Waals surface area contributed by atoms with Crippen molar-refractivity contribution in [3.8, 4) is 0 Å². The molecule has 2 saturated heterocycles. The average Bonchev–Trinajstić information content (AvgIpc) is 3.26. The first-order valence-corrected chi connectivity index (χ1v) is 9.96. The second kappa shape index (κ2) is 9.04. The van der Waals surface area contributed by atoms with Crippen LogP contribution in [0.4, 0.5) is 0 Å². The Morgan fingerprint density at radius 2 is 2.12 bits per heavy atom. The van der Waals surface area contributed by atoms with Crippen LogP contribution in [0.2, 0.25) is 0 Å². The Morgan fingerprint density at radius 1 is 1.25 bits per heavy atom. The number of nitrogens with one attached hydrogen (secondary N) is 1. The van der Waals surface area contributed by atoms with Crippen LogP contribution in [-0.2, 0) is 9.47 Å². The minimum atomic E-state index is 0.335. The van der Waals surface area contributed by atoms with Gasteiger partial charge in [0.1, 0.15) is 0 Å². The van der Waals surface area contributed by atoms with Crippen molar-refractivity contribution >= 4 is 5.96 Å². The second-order valence-corrected chi connectivity index (χ2v) is 7.77. The van der Waals surface area contributed by atoms with Gasteiger partial charge in [0.05, 0.1) is 12.7 Å². The molecule has 3 rings (SSSR count). The predicted molar refractivity (Wildman–Crippen MR) is 97.5 cm³/mol. The molecular weight excluding hydrogens is 302 g/mol. The Morgan fingerprint density at radius 3 is 2.88 bits per heavy atom. The molecule has 0 radical (unpaired) electrons. The molecule has 1 spiro atoms. The first kappa shape index (κ1) is 18.0. The van der Waals surface area contributed by atoms with Gasteiger partial charge in [-0.05, 0) is 43.9 Å². The summed E-state index contributed by atoms with van der Waals surface area (Å²) in [4.78, 5) is 6.97. The van der Waals surface area contributed by atoms with Crippen molar-refractivity contribution in [1.29, 1.82) is 0 Å². The van der Waals surface area contributed by atoms with Gasteiger partial charge in [0, 0.05) is 39.9 Å². The van der Waals surface area contributed by atoms with Crippen LogP contribution in [-0.4, -0.2) is 63.5 Å². The minimum Gasteiger partial charge on any atom is -0.379 e. The number of guanidine groups is 1. The molecule has 3 fully saturated rings.